The Kier molecular flexibility index (Phi) is 7.18. The number of alkyl carbamates (subject to hydrolysis) is 1. The molecule has 2 aromatic rings. The van der Waals surface area contributed by atoms with Gasteiger partial charge in [0.25, 0.3) is 0 Å². The topological polar surface area (TPSA) is 105 Å². The van der Waals surface area contributed by atoms with Gasteiger partial charge in [-0.2, -0.15) is 0 Å². The molecule has 3 N–H and O–H groups in total. The maximum absolute atomic E-state index is 12.8. The molecule has 0 bridgehead atoms. The molecule has 32 heavy (non-hydrogen) atoms. The van der Waals surface area contributed by atoms with Gasteiger partial charge in [-0.05, 0) is 42.0 Å². The summed E-state index contributed by atoms with van der Waals surface area (Å²) in [5.41, 5.74) is 3.18. The molecule has 0 heterocycles. The zero-order valence-corrected chi connectivity index (χ0v) is 18.7. The lowest BCUT2D eigenvalue weighted by Crippen LogP contribution is -2.59. The maximum atomic E-state index is 12.8. The summed E-state index contributed by atoms with van der Waals surface area (Å²) in [6.45, 7) is 5.28. The molecule has 2 aromatic carbocycles. The molecule has 0 fully saturated rings. The number of hydrogen-bond donors (Lipinski definition) is 3. The van der Waals surface area contributed by atoms with E-state index in [1.54, 1.807) is 13.8 Å². The van der Waals surface area contributed by atoms with Gasteiger partial charge in [0, 0.05) is 5.92 Å². The number of carbonyl (C=O) groups excluding carboxylic acids is 2. The predicted molar refractivity (Wildman–Crippen MR) is 121 cm³/mol. The van der Waals surface area contributed by atoms with Gasteiger partial charge in [-0.25, -0.2) is 9.59 Å². The van der Waals surface area contributed by atoms with Crippen molar-refractivity contribution >= 4 is 18.0 Å². The van der Waals surface area contributed by atoms with Gasteiger partial charge in [0.05, 0.1) is 0 Å². The maximum Gasteiger partial charge on any atom is 0.408 e. The Labute approximate surface area is 188 Å². The van der Waals surface area contributed by atoms with Crippen molar-refractivity contribution in [2.45, 2.75) is 57.5 Å². The van der Waals surface area contributed by atoms with Crippen molar-refractivity contribution in [2.75, 3.05) is 6.61 Å². The quantitative estimate of drug-likeness (QED) is 0.548. The van der Waals surface area contributed by atoms with Crippen molar-refractivity contribution in [1.29, 1.82) is 0 Å². The second-order valence-corrected chi connectivity index (χ2v) is 8.31. The van der Waals surface area contributed by atoms with Crippen molar-refractivity contribution in [1.82, 2.24) is 10.6 Å². The van der Waals surface area contributed by atoms with Crippen molar-refractivity contribution in [2.24, 2.45) is 0 Å². The molecule has 2 unspecified atom stereocenters. The average Bonchev–Trinajstić information content (AvgIpc) is 3.09. The fourth-order valence-electron chi connectivity index (χ4n) is 4.25. The molecule has 2 amide bonds. The van der Waals surface area contributed by atoms with E-state index in [-0.39, 0.29) is 18.9 Å². The fraction of sp³-hybridized carbons (Fsp3) is 0.400. The van der Waals surface area contributed by atoms with Crippen LogP contribution in [0.1, 0.15) is 57.1 Å². The first-order chi connectivity index (χ1) is 15.3. The highest BCUT2D eigenvalue weighted by atomic mass is 16.5. The summed E-state index contributed by atoms with van der Waals surface area (Å²) in [5.74, 6) is -1.74. The lowest BCUT2D eigenvalue weighted by atomic mass is 9.94. The normalized spacial score (nSPS) is 15.1. The first kappa shape index (κ1) is 23.3. The van der Waals surface area contributed by atoms with Crippen LogP contribution < -0.4 is 10.6 Å². The third kappa shape index (κ3) is 4.77. The highest BCUT2D eigenvalue weighted by molar-refractivity contribution is 5.92. The minimum atomic E-state index is -1.28. The molecule has 0 saturated carbocycles. The van der Waals surface area contributed by atoms with Gasteiger partial charge in [-0.15, -0.1) is 0 Å². The first-order valence-electron chi connectivity index (χ1n) is 11.0. The van der Waals surface area contributed by atoms with E-state index < -0.39 is 29.6 Å². The number of carboxylic acids is 1. The smallest absolute Gasteiger partial charge is 0.408 e. The molecule has 0 aliphatic heterocycles. The zero-order chi connectivity index (χ0) is 23.3. The summed E-state index contributed by atoms with van der Waals surface area (Å²) in [6, 6.07) is 15.1. The highest BCUT2D eigenvalue weighted by Crippen LogP contribution is 2.44. The van der Waals surface area contributed by atoms with E-state index in [1.807, 2.05) is 43.3 Å². The molecule has 0 saturated heterocycles. The average molecular weight is 439 g/mol. The summed E-state index contributed by atoms with van der Waals surface area (Å²) in [4.78, 5) is 36.8. The monoisotopic (exact) mass is 438 g/mol. The van der Waals surface area contributed by atoms with Gasteiger partial charge in [0.1, 0.15) is 18.2 Å². The largest absolute Gasteiger partial charge is 0.480 e. The molecule has 170 valence electrons. The number of carboxylic acid groups (broad SMARTS) is 1. The number of rotatable bonds is 9. The van der Waals surface area contributed by atoms with Crippen molar-refractivity contribution in [3.05, 3.63) is 59.7 Å². The van der Waals surface area contributed by atoms with E-state index in [0.29, 0.717) is 12.8 Å². The molecular formula is C25H30N2O5. The lowest BCUT2D eigenvalue weighted by Gasteiger charge is -2.30. The van der Waals surface area contributed by atoms with Crippen molar-refractivity contribution in [3.8, 4) is 11.1 Å². The Morgan fingerprint density at radius 1 is 1.03 bits per heavy atom. The molecule has 1 aliphatic rings. The van der Waals surface area contributed by atoms with Crippen LogP contribution in [0.3, 0.4) is 0 Å². The van der Waals surface area contributed by atoms with Crippen molar-refractivity contribution < 1.29 is 24.2 Å². The number of nitrogens with one attached hydrogen (secondary N) is 2. The number of ether oxygens (including phenoxy) is 1. The second kappa shape index (κ2) is 9.85. The van der Waals surface area contributed by atoms with Crippen LogP contribution in [0.25, 0.3) is 11.1 Å². The Hall–Kier alpha value is -3.35. The van der Waals surface area contributed by atoms with Crippen LogP contribution in [-0.2, 0) is 14.3 Å². The standard InChI is InChI=1S/C25H30N2O5/c1-4-14-25(3,23(30)26-21(5-2)22(28)29)27-24(31)32-15-20-18-12-8-6-10-16(18)17-11-7-9-13-19(17)20/h6-13,20-21H,4-5,14-15H2,1-3H3,(H,26,30)(H,27,31)(H,28,29). The van der Waals surface area contributed by atoms with E-state index in [2.05, 4.69) is 22.8 Å². The molecule has 2 atom stereocenters. The third-order valence-electron chi connectivity index (χ3n) is 5.98. The zero-order valence-electron chi connectivity index (χ0n) is 18.7. The lowest BCUT2D eigenvalue weighted by molar-refractivity contribution is -0.143. The Balaban J connectivity index is 1.70. The Morgan fingerprint density at radius 2 is 1.59 bits per heavy atom. The predicted octanol–water partition coefficient (Wildman–Crippen LogP) is 4.06. The molecule has 1 aliphatic carbocycles. The van der Waals surface area contributed by atoms with Crippen LogP contribution in [0.5, 0.6) is 0 Å². The Bertz CT molecular complexity index is 960. The van der Waals surface area contributed by atoms with Crippen LogP contribution in [0.15, 0.2) is 48.5 Å². The summed E-state index contributed by atoms with van der Waals surface area (Å²) in [5, 5.41) is 14.4. The van der Waals surface area contributed by atoms with Crippen LogP contribution in [-0.4, -0.2) is 41.3 Å². The molecule has 7 heteroatoms. The van der Waals surface area contributed by atoms with Crippen molar-refractivity contribution in [3.63, 3.8) is 0 Å². The minimum Gasteiger partial charge on any atom is -0.480 e. The molecular weight excluding hydrogens is 408 g/mol. The molecule has 0 aromatic heterocycles. The van der Waals surface area contributed by atoms with E-state index in [1.165, 1.54) is 0 Å². The number of aliphatic carboxylic acids is 1. The molecule has 0 radical (unpaired) electrons. The minimum absolute atomic E-state index is 0.0871. The number of hydrogen-bond acceptors (Lipinski definition) is 4. The van der Waals surface area contributed by atoms with Gasteiger partial charge in [-0.1, -0.05) is 68.8 Å². The third-order valence-corrected chi connectivity index (χ3v) is 5.98. The number of benzene rings is 2. The molecule has 7 nitrogen and oxygen atoms in total. The van der Waals surface area contributed by atoms with Crippen LogP contribution in [0.4, 0.5) is 4.79 Å². The molecule has 3 rings (SSSR count). The summed E-state index contributed by atoms with van der Waals surface area (Å²) in [7, 11) is 0. The van der Waals surface area contributed by atoms with E-state index in [0.717, 1.165) is 22.3 Å². The number of carbonyl (C=O) groups is 3. The summed E-state index contributed by atoms with van der Waals surface area (Å²) in [6.07, 6.45) is 0.506. The van der Waals surface area contributed by atoms with E-state index >= 15 is 0 Å². The SMILES string of the molecule is CCCC(C)(NC(=O)OCC1c2ccccc2-c2ccccc21)C(=O)NC(CC)C(=O)O. The van der Waals surface area contributed by atoms with Gasteiger partial charge in [0.15, 0.2) is 0 Å². The van der Waals surface area contributed by atoms with Gasteiger partial charge < -0.3 is 20.5 Å². The van der Waals surface area contributed by atoms with Gasteiger partial charge >= 0.3 is 12.1 Å². The van der Waals surface area contributed by atoms with Crippen LogP contribution in [0, 0.1) is 0 Å². The first-order valence-corrected chi connectivity index (χ1v) is 11.0. The highest BCUT2D eigenvalue weighted by Gasteiger charge is 2.37. The van der Waals surface area contributed by atoms with Crippen LogP contribution in [0.2, 0.25) is 0 Å². The van der Waals surface area contributed by atoms with Crippen LogP contribution >= 0.6 is 0 Å². The summed E-state index contributed by atoms with van der Waals surface area (Å²) >= 11 is 0. The van der Waals surface area contributed by atoms with Gasteiger partial charge in [0.2, 0.25) is 5.91 Å². The molecule has 0 spiro atoms. The summed E-state index contributed by atoms with van der Waals surface area (Å²) < 4.78 is 5.56. The second-order valence-electron chi connectivity index (χ2n) is 8.31. The van der Waals surface area contributed by atoms with E-state index in [9.17, 15) is 19.5 Å². The number of fused-ring (bicyclic) bond motifs is 3. The van der Waals surface area contributed by atoms with Gasteiger partial charge in [-0.3, -0.25) is 4.79 Å². The Morgan fingerprint density at radius 3 is 2.09 bits per heavy atom. The van der Waals surface area contributed by atoms with E-state index in [4.69, 9.17) is 4.74 Å². The fourth-order valence-corrected chi connectivity index (χ4v) is 4.25. The number of amides is 2.